The Bertz CT molecular complexity index is 3150. The second kappa shape index (κ2) is 7.73. The first-order valence-electron chi connectivity index (χ1n) is 16.5. The van der Waals surface area contributed by atoms with Crippen molar-refractivity contribution >= 4 is 60.2 Å². The number of hydrogen-bond acceptors (Lipinski definition) is 1. The average Bonchev–Trinajstić information content (AvgIpc) is 3.85. The zero-order chi connectivity index (χ0) is 30.9. The minimum absolute atomic E-state index is 0.616. The van der Waals surface area contributed by atoms with Gasteiger partial charge in [-0.3, -0.25) is 0 Å². The Hall–Kier alpha value is -6.46. The molecule has 0 saturated heterocycles. The van der Waals surface area contributed by atoms with Gasteiger partial charge in [-0.15, -0.1) is 9.13 Å². The van der Waals surface area contributed by atoms with Crippen LogP contribution in [0.5, 0.6) is 11.5 Å². The Morgan fingerprint density at radius 2 is 1.33 bits per heavy atom. The third-order valence-electron chi connectivity index (χ3n) is 11.3. The van der Waals surface area contributed by atoms with Crippen molar-refractivity contribution in [3.63, 3.8) is 0 Å². The molecule has 7 heterocycles. The van der Waals surface area contributed by atoms with Gasteiger partial charge < -0.3 is 9.30 Å². The Morgan fingerprint density at radius 3 is 2.27 bits per heavy atom. The molecular formula is C43H24N4O+2. The van der Waals surface area contributed by atoms with Crippen LogP contribution in [0.3, 0.4) is 0 Å². The van der Waals surface area contributed by atoms with E-state index in [1.807, 2.05) is 0 Å². The number of benzene rings is 6. The molecule has 3 aliphatic rings. The first-order chi connectivity index (χ1) is 23.8. The molecule has 0 fully saturated rings. The second-order valence-corrected chi connectivity index (χ2v) is 13.3. The van der Waals surface area contributed by atoms with E-state index in [9.17, 15) is 0 Å². The van der Waals surface area contributed by atoms with Gasteiger partial charge in [0.2, 0.25) is 5.69 Å². The number of para-hydroxylation sites is 4. The SMILES string of the molecule is c1ccc(-n2c3ccccc3c3cc4c5ccc6c7c5c5n(c4cc32)c2ccccc2[n+]5C72c3c(cccc3-c3cccc[n+]32)O6)cc1. The van der Waals surface area contributed by atoms with Crippen LogP contribution in [-0.2, 0) is 5.66 Å². The summed E-state index contributed by atoms with van der Waals surface area (Å²) in [4.78, 5) is 0. The third-order valence-corrected chi connectivity index (χ3v) is 11.3. The van der Waals surface area contributed by atoms with Crippen molar-refractivity contribution in [3.8, 4) is 28.4 Å². The van der Waals surface area contributed by atoms with Gasteiger partial charge in [0.15, 0.2) is 17.2 Å². The average molecular weight is 613 g/mol. The van der Waals surface area contributed by atoms with Gasteiger partial charge in [-0.05, 0) is 66.7 Å². The van der Waals surface area contributed by atoms with Crippen LogP contribution in [0.2, 0.25) is 0 Å². The van der Waals surface area contributed by atoms with E-state index in [0.29, 0.717) is 0 Å². The molecule has 5 nitrogen and oxygen atoms in total. The maximum absolute atomic E-state index is 6.85. The van der Waals surface area contributed by atoms with Crippen LogP contribution < -0.4 is 13.9 Å². The quantitative estimate of drug-likeness (QED) is 0.134. The summed E-state index contributed by atoms with van der Waals surface area (Å²) in [5.74, 6) is 1.84. The molecule has 6 aromatic carbocycles. The lowest BCUT2D eigenvalue weighted by atomic mass is 9.85. The maximum atomic E-state index is 6.85. The zero-order valence-corrected chi connectivity index (χ0v) is 25.6. The number of nitrogens with zero attached hydrogens (tertiary/aromatic N) is 4. The van der Waals surface area contributed by atoms with Crippen LogP contribution in [-0.4, -0.2) is 8.97 Å². The van der Waals surface area contributed by atoms with E-state index < -0.39 is 5.66 Å². The van der Waals surface area contributed by atoms with Gasteiger partial charge in [0, 0.05) is 45.4 Å². The molecule has 5 heteroatoms. The molecule has 13 rings (SSSR count). The standard InChI is InChI=1S/C43H24N4O/c1-2-11-25(12-3-1)45-32-16-5-4-13-26(32)29-23-30-27-20-21-38-41-39(27)42-46(36(30)24-35(29)45)33-17-6-7-18-34(33)47(42)43(41)40-28(14-10-19-37(40)48-38)31-15-8-9-22-44(31)43/h1-24H/q+2. The van der Waals surface area contributed by atoms with E-state index in [2.05, 4.69) is 164 Å². The molecule has 48 heavy (non-hydrogen) atoms. The number of pyridine rings is 2. The summed E-state index contributed by atoms with van der Waals surface area (Å²) in [7, 11) is 0. The van der Waals surface area contributed by atoms with E-state index in [0.717, 1.165) is 17.2 Å². The van der Waals surface area contributed by atoms with Gasteiger partial charge in [-0.1, -0.05) is 54.6 Å². The van der Waals surface area contributed by atoms with Gasteiger partial charge in [0.25, 0.3) is 0 Å². The van der Waals surface area contributed by atoms with Gasteiger partial charge in [0.05, 0.1) is 22.0 Å². The van der Waals surface area contributed by atoms with Crippen LogP contribution in [0.25, 0.3) is 77.1 Å². The second-order valence-electron chi connectivity index (χ2n) is 13.3. The van der Waals surface area contributed by atoms with Crippen LogP contribution in [0.4, 0.5) is 0 Å². The predicted octanol–water partition coefficient (Wildman–Crippen LogP) is 8.77. The summed E-state index contributed by atoms with van der Waals surface area (Å²) in [6.45, 7) is 0. The molecule has 1 spiro atoms. The van der Waals surface area contributed by atoms with Crippen molar-refractivity contribution in [1.82, 2.24) is 8.97 Å². The van der Waals surface area contributed by atoms with Gasteiger partial charge >= 0.3 is 11.3 Å². The molecule has 3 aliphatic heterocycles. The van der Waals surface area contributed by atoms with Crippen LogP contribution in [0.15, 0.2) is 146 Å². The van der Waals surface area contributed by atoms with Gasteiger partial charge in [-0.25, -0.2) is 0 Å². The lowest BCUT2D eigenvalue weighted by Crippen LogP contribution is -2.71. The molecule has 0 aliphatic carbocycles. The fourth-order valence-corrected chi connectivity index (χ4v) is 9.65. The summed E-state index contributed by atoms with van der Waals surface area (Å²) >= 11 is 0. The molecule has 4 aromatic heterocycles. The van der Waals surface area contributed by atoms with E-state index in [1.54, 1.807) is 0 Å². The third kappa shape index (κ3) is 2.37. The highest BCUT2D eigenvalue weighted by atomic mass is 16.5. The van der Waals surface area contributed by atoms with Crippen molar-refractivity contribution in [3.05, 3.63) is 157 Å². The normalized spacial score (nSPS) is 16.6. The first-order valence-corrected chi connectivity index (χ1v) is 16.5. The fraction of sp³-hybridized carbons (Fsp3) is 0.0233. The summed E-state index contributed by atoms with van der Waals surface area (Å²) in [5.41, 5.74) is 12.6. The van der Waals surface area contributed by atoms with Crippen LogP contribution >= 0.6 is 0 Å². The smallest absolute Gasteiger partial charge is 0.372 e. The molecule has 1 atom stereocenters. The molecule has 0 radical (unpaired) electrons. The van der Waals surface area contributed by atoms with E-state index in [4.69, 9.17) is 4.74 Å². The van der Waals surface area contributed by atoms with Crippen molar-refractivity contribution in [2.24, 2.45) is 0 Å². The molecule has 0 N–H and O–H groups in total. The lowest BCUT2D eigenvalue weighted by Gasteiger charge is -2.28. The van der Waals surface area contributed by atoms with Crippen molar-refractivity contribution in [2.45, 2.75) is 5.66 Å². The van der Waals surface area contributed by atoms with Crippen molar-refractivity contribution < 1.29 is 13.9 Å². The number of imidazole rings is 1. The number of fused-ring (bicyclic) bond motifs is 11. The molecule has 0 saturated carbocycles. The topological polar surface area (TPSA) is 26.3 Å². The molecule has 0 bridgehead atoms. The Labute approximate surface area is 273 Å². The number of aromatic nitrogens is 4. The molecule has 10 aromatic rings. The van der Waals surface area contributed by atoms with Crippen molar-refractivity contribution in [1.29, 1.82) is 0 Å². The van der Waals surface area contributed by atoms with E-state index in [-0.39, 0.29) is 0 Å². The van der Waals surface area contributed by atoms with E-state index >= 15 is 0 Å². The van der Waals surface area contributed by atoms with Gasteiger partial charge in [-0.2, -0.15) is 4.40 Å². The minimum Gasteiger partial charge on any atom is -0.456 e. The Balaban J connectivity index is 1.32. The fourth-order valence-electron chi connectivity index (χ4n) is 9.65. The minimum atomic E-state index is -0.616. The number of ether oxygens (including phenoxy) is 1. The Kier molecular flexibility index (Phi) is 3.84. The molecule has 1 unspecified atom stereocenters. The molecule has 220 valence electrons. The largest absolute Gasteiger partial charge is 0.456 e. The first kappa shape index (κ1) is 23.8. The summed E-state index contributed by atoms with van der Waals surface area (Å²) in [6.07, 6.45) is 2.26. The highest BCUT2D eigenvalue weighted by molar-refractivity contribution is 6.21. The predicted molar refractivity (Wildman–Crippen MR) is 188 cm³/mol. The van der Waals surface area contributed by atoms with E-state index in [1.165, 1.54) is 82.5 Å². The van der Waals surface area contributed by atoms with Crippen LogP contribution in [0.1, 0.15) is 11.1 Å². The number of rotatable bonds is 1. The highest BCUT2D eigenvalue weighted by Crippen LogP contribution is 2.58. The zero-order valence-electron chi connectivity index (χ0n) is 25.6. The molecular weight excluding hydrogens is 589 g/mol. The molecule has 0 amide bonds. The Morgan fingerprint density at radius 1 is 0.542 bits per heavy atom. The van der Waals surface area contributed by atoms with Gasteiger partial charge in [0.1, 0.15) is 28.1 Å². The monoisotopic (exact) mass is 612 g/mol. The maximum Gasteiger partial charge on any atom is 0.372 e. The number of hydrogen-bond donors (Lipinski definition) is 0. The summed E-state index contributed by atoms with van der Waals surface area (Å²) < 4.78 is 16.9. The summed E-state index contributed by atoms with van der Waals surface area (Å²) in [5, 5.41) is 6.25. The lowest BCUT2D eigenvalue weighted by molar-refractivity contribution is -0.940. The summed E-state index contributed by atoms with van der Waals surface area (Å²) in [6, 6.07) is 50.9. The van der Waals surface area contributed by atoms with Crippen molar-refractivity contribution in [2.75, 3.05) is 0 Å². The van der Waals surface area contributed by atoms with Crippen LogP contribution in [0, 0.1) is 0 Å². The highest BCUT2D eigenvalue weighted by Gasteiger charge is 2.68.